The number of benzene rings is 2. The number of hydrogen-bond donors (Lipinski definition) is 2. The Bertz CT molecular complexity index is 869. The lowest BCUT2D eigenvalue weighted by Gasteiger charge is -2.17. The second-order valence-corrected chi connectivity index (χ2v) is 6.25. The van der Waals surface area contributed by atoms with Crippen molar-refractivity contribution in [3.05, 3.63) is 47.5 Å². The Kier molecular flexibility index (Phi) is 12.5. The Hall–Kier alpha value is -2.50. The van der Waals surface area contributed by atoms with E-state index < -0.39 is 6.61 Å². The van der Waals surface area contributed by atoms with Crippen LogP contribution in [0.4, 0.5) is 8.78 Å². The first-order valence-corrected chi connectivity index (χ1v) is 9.96. The molecule has 32 heavy (non-hydrogen) atoms. The van der Waals surface area contributed by atoms with E-state index in [0.717, 1.165) is 5.56 Å². The molecule has 0 saturated heterocycles. The number of alkyl halides is 2. The molecule has 0 aliphatic rings. The fourth-order valence-corrected chi connectivity index (χ4v) is 2.88. The number of rotatable bonds is 11. The molecule has 0 fully saturated rings. The minimum absolute atomic E-state index is 0. The molecule has 0 unspecified atom stereocenters. The average molecular weight is 565 g/mol. The van der Waals surface area contributed by atoms with Crippen LogP contribution in [-0.2, 0) is 13.1 Å². The van der Waals surface area contributed by atoms with E-state index in [2.05, 4.69) is 15.6 Å². The maximum absolute atomic E-state index is 12.9. The van der Waals surface area contributed by atoms with Gasteiger partial charge in [0.15, 0.2) is 29.0 Å². The topological polar surface area (TPSA) is 73.3 Å². The van der Waals surface area contributed by atoms with Crippen molar-refractivity contribution in [3.8, 4) is 23.0 Å². The molecule has 178 valence electrons. The fraction of sp³-hybridized carbons (Fsp3) is 0.409. The number of guanidine groups is 1. The zero-order chi connectivity index (χ0) is 22.6. The molecule has 0 spiro atoms. The lowest BCUT2D eigenvalue weighted by atomic mass is 10.2. The minimum Gasteiger partial charge on any atom is -0.493 e. The first-order chi connectivity index (χ1) is 15.0. The van der Waals surface area contributed by atoms with Gasteiger partial charge in [-0.25, -0.2) is 0 Å². The van der Waals surface area contributed by atoms with E-state index in [9.17, 15) is 8.78 Å². The summed E-state index contributed by atoms with van der Waals surface area (Å²) in [5.74, 6) is 2.10. The van der Waals surface area contributed by atoms with E-state index in [-0.39, 0.29) is 42.0 Å². The number of aliphatic imine (C=N–C) groups is 1. The first-order valence-electron chi connectivity index (χ1n) is 9.96. The van der Waals surface area contributed by atoms with Gasteiger partial charge in [0.05, 0.1) is 20.3 Å². The number of hydrogen-bond acceptors (Lipinski definition) is 5. The molecular formula is C22H30F2IN3O4. The van der Waals surface area contributed by atoms with E-state index in [0.29, 0.717) is 42.8 Å². The third kappa shape index (κ3) is 8.21. The summed E-state index contributed by atoms with van der Waals surface area (Å²) in [7, 11) is 3.22. The molecule has 2 aromatic rings. The van der Waals surface area contributed by atoms with Crippen LogP contribution in [0.1, 0.15) is 25.0 Å². The second-order valence-electron chi connectivity index (χ2n) is 6.25. The summed E-state index contributed by atoms with van der Waals surface area (Å²) in [6, 6.07) is 10.7. The molecule has 0 aliphatic carbocycles. The molecule has 7 nitrogen and oxygen atoms in total. The maximum atomic E-state index is 12.9. The van der Waals surface area contributed by atoms with Crippen molar-refractivity contribution in [2.45, 2.75) is 33.5 Å². The van der Waals surface area contributed by atoms with Gasteiger partial charge in [-0.05, 0) is 37.6 Å². The fourth-order valence-electron chi connectivity index (χ4n) is 2.88. The van der Waals surface area contributed by atoms with Gasteiger partial charge in [0.1, 0.15) is 0 Å². The monoisotopic (exact) mass is 565 g/mol. The quantitative estimate of drug-likeness (QED) is 0.236. The zero-order valence-corrected chi connectivity index (χ0v) is 20.9. The molecule has 0 saturated carbocycles. The van der Waals surface area contributed by atoms with Crippen molar-refractivity contribution in [3.63, 3.8) is 0 Å². The highest BCUT2D eigenvalue weighted by molar-refractivity contribution is 14.0. The third-order valence-electron chi connectivity index (χ3n) is 4.22. The largest absolute Gasteiger partial charge is 0.493 e. The first kappa shape index (κ1) is 27.5. The summed E-state index contributed by atoms with van der Waals surface area (Å²) >= 11 is 0. The van der Waals surface area contributed by atoms with E-state index in [1.165, 1.54) is 0 Å². The van der Waals surface area contributed by atoms with Crippen molar-refractivity contribution in [1.29, 1.82) is 0 Å². The van der Waals surface area contributed by atoms with Crippen molar-refractivity contribution < 1.29 is 27.7 Å². The molecule has 0 aromatic heterocycles. The zero-order valence-electron chi connectivity index (χ0n) is 18.6. The van der Waals surface area contributed by atoms with E-state index >= 15 is 0 Å². The summed E-state index contributed by atoms with van der Waals surface area (Å²) in [4.78, 5) is 4.18. The molecule has 0 bridgehead atoms. The van der Waals surface area contributed by atoms with Crippen LogP contribution < -0.4 is 29.6 Å². The standard InChI is InChI=1S/C22H29F2N3O4.HI/c1-5-29-18-9-7-8-16(20(18)31-21(23)24)14-27-22(25-3)26-13-15-10-11-17(28-4)19(12-15)30-6-2;/h7-12,21H,5-6,13-14H2,1-4H3,(H2,25,26,27);1H. The van der Waals surface area contributed by atoms with E-state index in [4.69, 9.17) is 18.9 Å². The number of nitrogens with one attached hydrogen (secondary N) is 2. The Morgan fingerprint density at radius 1 is 0.969 bits per heavy atom. The number of para-hydroxylation sites is 1. The lowest BCUT2D eigenvalue weighted by molar-refractivity contribution is -0.0520. The number of ether oxygens (including phenoxy) is 4. The molecule has 0 amide bonds. The van der Waals surface area contributed by atoms with Gasteiger partial charge in [0, 0.05) is 25.7 Å². The molecule has 0 aliphatic heterocycles. The lowest BCUT2D eigenvalue weighted by Crippen LogP contribution is -2.36. The van der Waals surface area contributed by atoms with Gasteiger partial charge in [-0.2, -0.15) is 8.78 Å². The molecule has 2 aromatic carbocycles. The Balaban J connectivity index is 0.00000512. The van der Waals surface area contributed by atoms with Crippen molar-refractivity contribution in [2.24, 2.45) is 4.99 Å². The normalized spacial score (nSPS) is 10.9. The van der Waals surface area contributed by atoms with Crippen LogP contribution in [0.5, 0.6) is 23.0 Å². The molecule has 0 radical (unpaired) electrons. The van der Waals surface area contributed by atoms with Crippen LogP contribution in [0.15, 0.2) is 41.4 Å². The van der Waals surface area contributed by atoms with Gasteiger partial charge < -0.3 is 29.6 Å². The number of methoxy groups -OCH3 is 1. The Morgan fingerprint density at radius 2 is 1.66 bits per heavy atom. The minimum atomic E-state index is -2.95. The second kappa shape index (κ2) is 14.5. The van der Waals surface area contributed by atoms with Gasteiger partial charge in [-0.15, -0.1) is 24.0 Å². The highest BCUT2D eigenvalue weighted by atomic mass is 127. The predicted molar refractivity (Wildman–Crippen MR) is 131 cm³/mol. The average Bonchev–Trinajstić information content (AvgIpc) is 2.76. The van der Waals surface area contributed by atoms with Crippen molar-refractivity contribution in [2.75, 3.05) is 27.4 Å². The molecule has 10 heteroatoms. The van der Waals surface area contributed by atoms with Crippen LogP contribution in [0.3, 0.4) is 0 Å². The van der Waals surface area contributed by atoms with Crippen LogP contribution in [-0.4, -0.2) is 39.9 Å². The summed E-state index contributed by atoms with van der Waals surface area (Å²) in [6.07, 6.45) is 0. The van der Waals surface area contributed by atoms with E-state index in [1.807, 2.05) is 25.1 Å². The summed E-state index contributed by atoms with van der Waals surface area (Å²) < 4.78 is 46.8. The molecular weight excluding hydrogens is 535 g/mol. The van der Waals surface area contributed by atoms with Gasteiger partial charge in [0.25, 0.3) is 0 Å². The molecule has 0 atom stereocenters. The molecule has 0 heterocycles. The summed E-state index contributed by atoms with van der Waals surface area (Å²) in [5.41, 5.74) is 1.49. The van der Waals surface area contributed by atoms with Crippen LogP contribution in [0.25, 0.3) is 0 Å². The van der Waals surface area contributed by atoms with Gasteiger partial charge in [-0.3, -0.25) is 4.99 Å². The SMILES string of the molecule is CCOc1cc(CNC(=NC)NCc2cccc(OCC)c2OC(F)F)ccc1OC.I. The number of halogens is 3. The Labute approximate surface area is 204 Å². The van der Waals surface area contributed by atoms with Gasteiger partial charge >= 0.3 is 6.61 Å². The summed E-state index contributed by atoms with van der Waals surface area (Å²) in [6.45, 7) is 2.29. The van der Waals surface area contributed by atoms with Crippen LogP contribution >= 0.6 is 24.0 Å². The van der Waals surface area contributed by atoms with Gasteiger partial charge in [0.2, 0.25) is 0 Å². The molecule has 2 N–H and O–H groups in total. The highest BCUT2D eigenvalue weighted by Crippen LogP contribution is 2.33. The van der Waals surface area contributed by atoms with E-state index in [1.54, 1.807) is 39.3 Å². The van der Waals surface area contributed by atoms with Crippen LogP contribution in [0, 0.1) is 0 Å². The van der Waals surface area contributed by atoms with Crippen molar-refractivity contribution in [1.82, 2.24) is 10.6 Å². The van der Waals surface area contributed by atoms with Crippen molar-refractivity contribution >= 4 is 29.9 Å². The summed E-state index contributed by atoms with van der Waals surface area (Å²) in [5, 5.41) is 6.29. The molecule has 2 rings (SSSR count). The third-order valence-corrected chi connectivity index (χ3v) is 4.22. The smallest absolute Gasteiger partial charge is 0.387 e. The Morgan fingerprint density at radius 3 is 2.28 bits per heavy atom. The predicted octanol–water partition coefficient (Wildman–Crippen LogP) is 4.58. The highest BCUT2D eigenvalue weighted by Gasteiger charge is 2.16. The number of nitrogens with zero attached hydrogens (tertiary/aromatic N) is 1. The van der Waals surface area contributed by atoms with Gasteiger partial charge in [-0.1, -0.05) is 18.2 Å². The maximum Gasteiger partial charge on any atom is 0.387 e. The van der Waals surface area contributed by atoms with Crippen LogP contribution in [0.2, 0.25) is 0 Å².